The molecule has 2 aliphatic heterocycles. The van der Waals surface area contributed by atoms with Gasteiger partial charge in [-0.05, 0) is 75.0 Å². The summed E-state index contributed by atoms with van der Waals surface area (Å²) in [4.78, 5) is 29.4. The predicted molar refractivity (Wildman–Crippen MR) is 146 cm³/mol. The van der Waals surface area contributed by atoms with E-state index in [0.29, 0.717) is 12.3 Å². The second kappa shape index (κ2) is 9.53. The summed E-state index contributed by atoms with van der Waals surface area (Å²) in [6.07, 6.45) is 12.6. The molecule has 0 spiro atoms. The normalized spacial score (nSPS) is 27.7. The van der Waals surface area contributed by atoms with Gasteiger partial charge in [0.1, 0.15) is 0 Å². The third-order valence-electron chi connectivity index (χ3n) is 9.31. The summed E-state index contributed by atoms with van der Waals surface area (Å²) in [6.45, 7) is 4.64. The molecule has 4 heterocycles. The molecule has 36 heavy (non-hydrogen) atoms. The Morgan fingerprint density at radius 1 is 1.03 bits per heavy atom. The Balaban J connectivity index is 0.884. The van der Waals surface area contributed by atoms with Gasteiger partial charge in [0, 0.05) is 54.1 Å². The number of Topliss-reactive ketones (excluding diaryl/α,β-unsaturated/α-hetero) is 1. The number of thiazole rings is 1. The van der Waals surface area contributed by atoms with Gasteiger partial charge in [-0.2, -0.15) is 0 Å². The molecule has 2 atom stereocenters. The van der Waals surface area contributed by atoms with E-state index in [9.17, 15) is 4.79 Å². The average Bonchev–Trinajstić information content (AvgIpc) is 3.36. The summed E-state index contributed by atoms with van der Waals surface area (Å²) in [5.41, 5.74) is 3.12. The van der Waals surface area contributed by atoms with Crippen LogP contribution in [0.1, 0.15) is 72.3 Å². The molecule has 188 valence electrons. The van der Waals surface area contributed by atoms with Gasteiger partial charge in [0.25, 0.3) is 0 Å². The Kier molecular flexibility index (Phi) is 6.05. The Morgan fingerprint density at radius 2 is 1.92 bits per heavy atom. The van der Waals surface area contributed by atoms with E-state index in [1.54, 1.807) is 6.20 Å². The number of hydrogen-bond donors (Lipinski definition) is 0. The first-order valence-corrected chi connectivity index (χ1v) is 14.9. The first-order valence-electron chi connectivity index (χ1n) is 14.1. The summed E-state index contributed by atoms with van der Waals surface area (Å²) in [5, 5.41) is 2.30. The van der Waals surface area contributed by atoms with Gasteiger partial charge in [0.15, 0.2) is 10.9 Å². The number of hydrogen-bond acceptors (Lipinski definition) is 6. The van der Waals surface area contributed by atoms with E-state index in [2.05, 4.69) is 14.8 Å². The van der Waals surface area contributed by atoms with E-state index >= 15 is 0 Å². The zero-order chi connectivity index (χ0) is 24.1. The number of piperidine rings is 1. The first-order chi connectivity index (χ1) is 17.7. The number of aromatic nitrogens is 2. The van der Waals surface area contributed by atoms with Gasteiger partial charge in [-0.3, -0.25) is 14.7 Å². The smallest absolute Gasteiger partial charge is 0.186 e. The van der Waals surface area contributed by atoms with Crippen LogP contribution in [0.5, 0.6) is 0 Å². The number of nitrogens with zero attached hydrogens (tertiary/aromatic N) is 4. The molecule has 5 nitrogen and oxygen atoms in total. The number of fused-ring (bicyclic) bond motifs is 3. The minimum absolute atomic E-state index is 0.287. The lowest BCUT2D eigenvalue weighted by atomic mass is 9.78. The molecule has 0 bridgehead atoms. The van der Waals surface area contributed by atoms with E-state index in [0.717, 1.165) is 40.9 Å². The first kappa shape index (κ1) is 22.9. The molecule has 0 N–H and O–H groups in total. The molecule has 2 unspecified atom stereocenters. The maximum Gasteiger partial charge on any atom is 0.186 e. The summed E-state index contributed by atoms with van der Waals surface area (Å²) in [5.74, 6) is 2.59. The van der Waals surface area contributed by atoms with E-state index in [4.69, 9.17) is 4.98 Å². The fourth-order valence-corrected chi connectivity index (χ4v) is 8.13. The van der Waals surface area contributed by atoms with Crippen molar-refractivity contribution in [3.63, 3.8) is 0 Å². The number of anilines is 1. The summed E-state index contributed by atoms with van der Waals surface area (Å²) < 4.78 is 0. The summed E-state index contributed by atoms with van der Waals surface area (Å²) in [7, 11) is 0. The van der Waals surface area contributed by atoms with E-state index < -0.39 is 0 Å². The van der Waals surface area contributed by atoms with Gasteiger partial charge in [-0.1, -0.05) is 31.0 Å². The fourth-order valence-electron chi connectivity index (χ4n) is 6.99. The van der Waals surface area contributed by atoms with Crippen molar-refractivity contribution in [3.8, 4) is 0 Å². The highest BCUT2D eigenvalue weighted by Crippen LogP contribution is 2.48. The summed E-state index contributed by atoms with van der Waals surface area (Å²) >= 11 is 1.97. The molecule has 2 saturated carbocycles. The number of ketones is 1. The largest absolute Gasteiger partial charge is 0.345 e. The SMILES string of the molecule is O=C(CC1CCC(CCN2CCc3sc(N4CCC5CC54)nc3C2)CC1)c1cccc2ncccc12. The maximum atomic E-state index is 13.1. The third kappa shape index (κ3) is 4.47. The van der Waals surface area contributed by atoms with Crippen molar-refractivity contribution in [3.05, 3.63) is 52.7 Å². The molecule has 0 radical (unpaired) electrons. The molecule has 1 saturated heterocycles. The standard InChI is InChI=1S/C30H36N4OS/c35-28(24-3-1-5-25-23(24)4-2-13-31-25)17-21-8-6-20(7-9-21)10-14-33-15-12-29-26(19-33)32-30(36-29)34-16-11-22-18-27(22)34/h1-5,13,20-22,27H,6-12,14-19H2. The van der Waals surface area contributed by atoms with Crippen molar-refractivity contribution in [2.75, 3.05) is 24.5 Å². The van der Waals surface area contributed by atoms with Crippen molar-refractivity contribution in [1.82, 2.24) is 14.9 Å². The van der Waals surface area contributed by atoms with Gasteiger partial charge in [0.2, 0.25) is 0 Å². The molecule has 3 fully saturated rings. The molecule has 4 aliphatic rings. The molecule has 7 rings (SSSR count). The average molecular weight is 501 g/mol. The maximum absolute atomic E-state index is 13.1. The minimum atomic E-state index is 0.287. The van der Waals surface area contributed by atoms with Gasteiger partial charge in [-0.15, -0.1) is 11.3 Å². The van der Waals surface area contributed by atoms with Crippen molar-refractivity contribution >= 4 is 33.2 Å². The highest BCUT2D eigenvalue weighted by molar-refractivity contribution is 7.15. The number of benzene rings is 1. The molecule has 1 aromatic carbocycles. The Labute approximate surface area is 217 Å². The highest BCUT2D eigenvalue weighted by Gasteiger charge is 2.48. The third-order valence-corrected chi connectivity index (χ3v) is 10.5. The molecule has 2 aliphatic carbocycles. The number of rotatable bonds is 7. The van der Waals surface area contributed by atoms with Crippen LogP contribution in [0.4, 0.5) is 5.13 Å². The van der Waals surface area contributed by atoms with Crippen LogP contribution >= 0.6 is 11.3 Å². The van der Waals surface area contributed by atoms with Gasteiger partial charge in [0.05, 0.1) is 11.2 Å². The number of carbonyl (C=O) groups excluding carboxylic acids is 1. The summed E-state index contributed by atoms with van der Waals surface area (Å²) in [6, 6.07) is 10.7. The molecular weight excluding hydrogens is 464 g/mol. The van der Waals surface area contributed by atoms with Crippen LogP contribution in [0.2, 0.25) is 0 Å². The van der Waals surface area contributed by atoms with Crippen molar-refractivity contribution in [2.24, 2.45) is 17.8 Å². The Morgan fingerprint density at radius 3 is 2.75 bits per heavy atom. The van der Waals surface area contributed by atoms with Crippen molar-refractivity contribution < 1.29 is 4.79 Å². The predicted octanol–water partition coefficient (Wildman–Crippen LogP) is 6.12. The minimum Gasteiger partial charge on any atom is -0.345 e. The molecule has 2 aromatic heterocycles. The van der Waals surface area contributed by atoms with Gasteiger partial charge < -0.3 is 4.90 Å². The second-order valence-electron chi connectivity index (χ2n) is 11.6. The number of pyridine rings is 1. The lowest BCUT2D eigenvalue weighted by Gasteiger charge is -2.31. The van der Waals surface area contributed by atoms with E-state index in [1.807, 2.05) is 41.7 Å². The molecule has 6 heteroatoms. The lowest BCUT2D eigenvalue weighted by Crippen LogP contribution is -2.32. The van der Waals surface area contributed by atoms with Gasteiger partial charge in [-0.25, -0.2) is 4.98 Å². The molecule has 3 aromatic rings. The zero-order valence-electron chi connectivity index (χ0n) is 21.1. The van der Waals surface area contributed by atoms with Crippen LogP contribution in [0.15, 0.2) is 36.5 Å². The second-order valence-corrected chi connectivity index (χ2v) is 12.7. The van der Waals surface area contributed by atoms with Crippen LogP contribution in [0, 0.1) is 17.8 Å². The monoisotopic (exact) mass is 500 g/mol. The van der Waals surface area contributed by atoms with Crippen LogP contribution in [-0.2, 0) is 13.0 Å². The van der Waals surface area contributed by atoms with Crippen molar-refractivity contribution in [2.45, 2.75) is 70.4 Å². The van der Waals surface area contributed by atoms with Crippen LogP contribution in [-0.4, -0.2) is 46.3 Å². The van der Waals surface area contributed by atoms with Crippen LogP contribution in [0.3, 0.4) is 0 Å². The van der Waals surface area contributed by atoms with Crippen LogP contribution in [0.25, 0.3) is 10.9 Å². The van der Waals surface area contributed by atoms with Gasteiger partial charge >= 0.3 is 0 Å². The molecule has 0 amide bonds. The highest BCUT2D eigenvalue weighted by atomic mass is 32.1. The number of carbonyl (C=O) groups is 1. The zero-order valence-corrected chi connectivity index (χ0v) is 21.9. The quantitative estimate of drug-likeness (QED) is 0.366. The Bertz CT molecular complexity index is 1260. The fraction of sp³-hybridized carbons (Fsp3) is 0.567. The Hall–Kier alpha value is -2.31. The van der Waals surface area contributed by atoms with E-state index in [1.165, 1.54) is 86.7 Å². The van der Waals surface area contributed by atoms with Crippen molar-refractivity contribution in [1.29, 1.82) is 0 Å². The topological polar surface area (TPSA) is 49.3 Å². The lowest BCUT2D eigenvalue weighted by molar-refractivity contribution is 0.0941. The van der Waals surface area contributed by atoms with E-state index in [-0.39, 0.29) is 5.78 Å². The molecular formula is C30H36N4OS. The van der Waals surface area contributed by atoms with Crippen LogP contribution < -0.4 is 4.90 Å².